The van der Waals surface area contributed by atoms with Crippen LogP contribution in [0, 0.1) is 30.2 Å². The minimum Gasteiger partial charge on any atom is -0.509 e. The van der Waals surface area contributed by atoms with Gasteiger partial charge in [0.05, 0.1) is 0 Å². The molecule has 0 aliphatic rings. The summed E-state index contributed by atoms with van der Waals surface area (Å²) in [6.07, 6.45) is 8.28. The van der Waals surface area contributed by atoms with E-state index in [1.165, 1.54) is 0 Å². The Morgan fingerprint density at radius 3 is 1.22 bits per heavy atom. The smallest absolute Gasteiger partial charge is 0.509 e. The Bertz CT molecular complexity index is 3480. The Labute approximate surface area is 402 Å². The first-order valence-corrected chi connectivity index (χ1v) is 20.9. The van der Waals surface area contributed by atoms with Crippen molar-refractivity contribution in [1.29, 1.82) is 0 Å². The number of pyridine rings is 2. The van der Waals surface area contributed by atoms with Gasteiger partial charge in [0.25, 0.3) is 0 Å². The van der Waals surface area contributed by atoms with E-state index in [1.807, 2.05) is 114 Å². The molecule has 0 amide bonds. The fraction of sp³-hybridized carbons (Fsp3) is 0.0741. The Kier molecular flexibility index (Phi) is 11.1. The van der Waals surface area contributed by atoms with E-state index in [0.717, 1.165) is 89.0 Å². The summed E-state index contributed by atoms with van der Waals surface area (Å²) < 4.78 is 19.4. The zero-order valence-corrected chi connectivity index (χ0v) is 39.4. The molecule has 12 aromatic rings. The van der Waals surface area contributed by atoms with Crippen LogP contribution >= 0.6 is 0 Å². The summed E-state index contributed by atoms with van der Waals surface area (Å²) in [5, 5.41) is 6.23. The van der Waals surface area contributed by atoms with Crippen molar-refractivity contribution in [2.24, 2.45) is 5.92 Å². The second kappa shape index (κ2) is 17.2. The second-order valence-electron chi connectivity index (χ2n) is 15.9. The van der Waals surface area contributed by atoms with Crippen LogP contribution in [0.1, 0.15) is 19.4 Å². The van der Waals surface area contributed by atoms with E-state index in [9.17, 15) is 0 Å². The van der Waals surface area contributed by atoms with E-state index < -0.39 is 0 Å². The van der Waals surface area contributed by atoms with Crippen molar-refractivity contribution in [3.63, 3.8) is 0 Å². The van der Waals surface area contributed by atoms with Crippen molar-refractivity contribution >= 4 is 65.4 Å². The molecule has 0 unspecified atom stereocenters. The first kappa shape index (κ1) is 42.1. The van der Waals surface area contributed by atoms with E-state index in [0.29, 0.717) is 34.9 Å². The van der Waals surface area contributed by atoms with Crippen LogP contribution in [0.15, 0.2) is 158 Å². The van der Waals surface area contributed by atoms with Gasteiger partial charge in [-0.05, 0) is 65.1 Å². The molecule has 6 heterocycles. The van der Waals surface area contributed by atoms with Gasteiger partial charge in [-0.15, -0.1) is 59.3 Å². The van der Waals surface area contributed by atoms with Gasteiger partial charge >= 0.3 is 42.1 Å². The number of hydrogen-bond donors (Lipinski definition) is 0. The van der Waals surface area contributed by atoms with Crippen LogP contribution in [0.5, 0.6) is 23.0 Å². The molecule has 318 valence electrons. The normalized spacial score (nSPS) is 11.5. The van der Waals surface area contributed by atoms with Crippen LogP contribution in [-0.2, 0) is 48.6 Å². The molecular formula is C54H35N7O2Pt2. The van der Waals surface area contributed by atoms with Gasteiger partial charge in [-0.25, -0.2) is 19.9 Å². The number of fused-ring (bicyclic) bond motifs is 9. The number of aromatic nitrogens is 7. The Morgan fingerprint density at radius 1 is 0.431 bits per heavy atom. The van der Waals surface area contributed by atoms with Gasteiger partial charge in [-0.1, -0.05) is 84.4 Å². The molecule has 6 aromatic carbocycles. The Hall–Kier alpha value is -6.92. The van der Waals surface area contributed by atoms with Gasteiger partial charge in [-0.3, -0.25) is 0 Å². The number of hydrogen-bond acceptors (Lipinski definition) is 6. The molecule has 0 spiro atoms. The molecule has 0 atom stereocenters. The molecule has 0 aliphatic carbocycles. The molecule has 0 saturated carbocycles. The number of benzene rings is 6. The standard InChI is InChI=1S/C54H35N7O2.2Pt/c1-34(2)27-35-32-57-54(58-33-35)61-50-30-38(62-36-17-21-42-40-11-3-5-13-46(40)59(48(42)28-36)52-15-7-9-25-55-52)19-23-44(50)45-24-20-39(31-51(45)61)63-37-18-22-43-41-12-4-6-14-47(41)60(49(43)29-37)53-16-8-10-26-56-53;;/h3-26,32-34H,27H2,1-2H3;;/q-4;2*+2. The molecule has 9 nitrogen and oxygen atoms in total. The fourth-order valence-corrected chi connectivity index (χ4v) is 8.74. The van der Waals surface area contributed by atoms with Crippen molar-refractivity contribution < 1.29 is 51.6 Å². The zero-order valence-electron chi connectivity index (χ0n) is 34.9. The predicted octanol–water partition coefficient (Wildman–Crippen LogP) is 12.5. The molecule has 0 radical (unpaired) electrons. The van der Waals surface area contributed by atoms with Crippen LogP contribution in [0.2, 0.25) is 0 Å². The van der Waals surface area contributed by atoms with Crippen molar-refractivity contribution in [1.82, 2.24) is 33.6 Å². The SMILES string of the molecule is CC(C)Cc1cnc(-n2c3[c-]c(Oc4[c-]c5c(cc4)c4ccccc4n5-c4ccccn4)ccc3c3ccc(Oc4[c-]c5c(cc4)c4ccccc4n5-c4ccccn4)[c-]c32)nc1.[Pt+2].[Pt+2]. The van der Waals surface area contributed by atoms with Crippen LogP contribution in [-0.4, -0.2) is 33.6 Å². The molecule has 0 N–H and O–H groups in total. The maximum Gasteiger partial charge on any atom is 2.00 e. The van der Waals surface area contributed by atoms with E-state index in [-0.39, 0.29) is 42.1 Å². The van der Waals surface area contributed by atoms with Crippen molar-refractivity contribution in [3.8, 4) is 40.6 Å². The predicted molar refractivity (Wildman–Crippen MR) is 248 cm³/mol. The van der Waals surface area contributed by atoms with Crippen molar-refractivity contribution in [3.05, 3.63) is 188 Å². The van der Waals surface area contributed by atoms with Crippen LogP contribution < -0.4 is 9.47 Å². The summed E-state index contributed by atoms with van der Waals surface area (Å²) in [6, 6.07) is 58.7. The summed E-state index contributed by atoms with van der Waals surface area (Å²) in [5.41, 5.74) is 6.37. The molecule has 0 saturated heterocycles. The van der Waals surface area contributed by atoms with E-state index >= 15 is 0 Å². The topological polar surface area (TPSA) is 84.8 Å². The van der Waals surface area contributed by atoms with Crippen LogP contribution in [0.4, 0.5) is 0 Å². The molecule has 11 heteroatoms. The quantitative estimate of drug-likeness (QED) is 0.134. The maximum absolute atomic E-state index is 6.59. The Balaban J connectivity index is 0.00000249. The minimum atomic E-state index is 0. The first-order valence-electron chi connectivity index (χ1n) is 20.9. The minimum absolute atomic E-state index is 0. The average molecular weight is 1200 g/mol. The number of ether oxygens (including phenoxy) is 2. The van der Waals surface area contributed by atoms with Gasteiger partial charge in [-0.2, -0.15) is 35.0 Å². The van der Waals surface area contributed by atoms with E-state index in [4.69, 9.17) is 19.4 Å². The molecular weight excluding hydrogens is 1170 g/mol. The third kappa shape index (κ3) is 7.39. The summed E-state index contributed by atoms with van der Waals surface area (Å²) in [7, 11) is 0. The number of rotatable bonds is 9. The van der Waals surface area contributed by atoms with Crippen LogP contribution in [0.25, 0.3) is 83.0 Å². The monoisotopic (exact) mass is 1200 g/mol. The molecule has 12 rings (SSSR count). The molecule has 65 heavy (non-hydrogen) atoms. The van der Waals surface area contributed by atoms with Gasteiger partial charge in [0.15, 0.2) is 0 Å². The number of nitrogens with zero attached hydrogens (tertiary/aromatic N) is 7. The molecule has 0 aliphatic heterocycles. The molecule has 6 aromatic heterocycles. The van der Waals surface area contributed by atoms with Gasteiger partial charge in [0, 0.05) is 58.8 Å². The Morgan fingerprint density at radius 2 is 0.815 bits per heavy atom. The van der Waals surface area contributed by atoms with Crippen molar-refractivity contribution in [2.45, 2.75) is 20.3 Å². The van der Waals surface area contributed by atoms with Gasteiger partial charge < -0.3 is 23.2 Å². The number of para-hydroxylation sites is 2. The maximum atomic E-state index is 6.59. The fourth-order valence-electron chi connectivity index (χ4n) is 8.74. The van der Waals surface area contributed by atoms with E-state index in [2.05, 4.69) is 93.6 Å². The van der Waals surface area contributed by atoms with Gasteiger partial charge in [0.2, 0.25) is 5.95 Å². The van der Waals surface area contributed by atoms with Crippen LogP contribution in [0.3, 0.4) is 0 Å². The molecule has 0 bridgehead atoms. The van der Waals surface area contributed by atoms with Crippen molar-refractivity contribution in [2.75, 3.05) is 0 Å². The first-order chi connectivity index (χ1) is 31.0. The third-order valence-electron chi connectivity index (χ3n) is 11.4. The average Bonchev–Trinajstić information content (AvgIpc) is 3.94. The zero-order chi connectivity index (χ0) is 42.0. The summed E-state index contributed by atoms with van der Waals surface area (Å²) in [4.78, 5) is 19.1. The second-order valence-corrected chi connectivity index (χ2v) is 15.9. The molecule has 0 fully saturated rings. The van der Waals surface area contributed by atoms with E-state index in [1.54, 1.807) is 12.4 Å². The summed E-state index contributed by atoms with van der Waals surface area (Å²) in [6.45, 7) is 4.38. The third-order valence-corrected chi connectivity index (χ3v) is 11.4. The van der Waals surface area contributed by atoms with Gasteiger partial charge in [0.1, 0.15) is 11.6 Å². The summed E-state index contributed by atoms with van der Waals surface area (Å²) in [5.74, 6) is 4.70. The largest absolute Gasteiger partial charge is 2.00 e. The summed E-state index contributed by atoms with van der Waals surface area (Å²) >= 11 is 0.